The van der Waals surface area contributed by atoms with Crippen molar-refractivity contribution in [1.82, 2.24) is 0 Å². The van der Waals surface area contributed by atoms with Crippen LogP contribution in [-0.2, 0) is 0 Å². The standard InChI is InChI=1S/C20H17ClS2.C7H9BO2S.C6H3Br2Cl.H/c1-22-19-9-5-3-7-15(19)14-11-12-16(18(21)13-14)17-8-4-6-10-20(17)23-2;1-11-7-5-3-2-4-6(7)8(9)10;7-4-1-2-5(8)6(9)3-4;/h3-13H,1-2H3;2-5,9-10H,1H3;1-3H;/q;;;-1. The molecule has 0 heterocycles. The summed E-state index contributed by atoms with van der Waals surface area (Å²) in [6, 6.07) is 36.1. The van der Waals surface area contributed by atoms with E-state index in [1.165, 1.54) is 32.7 Å². The van der Waals surface area contributed by atoms with Crippen molar-refractivity contribution in [3.05, 3.63) is 128 Å². The summed E-state index contributed by atoms with van der Waals surface area (Å²) in [5.41, 5.74) is 5.23. The van der Waals surface area contributed by atoms with E-state index in [1.54, 1.807) is 35.7 Å². The highest BCUT2D eigenvalue weighted by atomic mass is 79.9. The Kier molecular flexibility index (Phi) is 15.6. The Bertz CT molecular complexity index is 1650. The first-order valence-corrected chi connectivity index (χ1v) is 18.9. The van der Waals surface area contributed by atoms with E-state index < -0.39 is 7.12 Å². The lowest BCUT2D eigenvalue weighted by molar-refractivity contribution is 0.425. The van der Waals surface area contributed by atoms with Gasteiger partial charge in [0.2, 0.25) is 0 Å². The summed E-state index contributed by atoms with van der Waals surface area (Å²) in [6.07, 6.45) is 6.10. The molecule has 0 unspecified atom stereocenters. The Morgan fingerprint density at radius 3 is 1.63 bits per heavy atom. The summed E-state index contributed by atoms with van der Waals surface area (Å²) >= 11 is 23.9. The summed E-state index contributed by atoms with van der Waals surface area (Å²) in [7, 11) is -1.36. The number of benzene rings is 5. The molecule has 0 atom stereocenters. The van der Waals surface area contributed by atoms with Gasteiger partial charge >= 0.3 is 7.12 Å². The SMILES string of the molecule is CSc1ccccc1-c1ccc(-c2ccccc2SC)c(Cl)c1.CSc1ccccc1B(O)O.Clc1cc(Br)ccc1Br.[H-]. The summed E-state index contributed by atoms with van der Waals surface area (Å²) in [4.78, 5) is 3.41. The average Bonchev–Trinajstić information content (AvgIpc) is 3.03. The molecule has 0 aliphatic rings. The monoisotopic (exact) mass is 793 g/mol. The van der Waals surface area contributed by atoms with Gasteiger partial charge in [0.05, 0.1) is 5.02 Å². The van der Waals surface area contributed by atoms with Gasteiger partial charge in [-0.05, 0) is 99.3 Å². The molecule has 0 radical (unpaired) electrons. The third kappa shape index (κ3) is 10.6. The molecule has 224 valence electrons. The number of thioether (sulfide) groups is 3. The van der Waals surface area contributed by atoms with Crippen molar-refractivity contribution < 1.29 is 11.5 Å². The Hall–Kier alpha value is -1.33. The predicted molar refractivity (Wildman–Crippen MR) is 202 cm³/mol. The van der Waals surface area contributed by atoms with Gasteiger partial charge < -0.3 is 11.5 Å². The zero-order chi connectivity index (χ0) is 31.4. The van der Waals surface area contributed by atoms with Crippen LogP contribution in [0, 0.1) is 0 Å². The van der Waals surface area contributed by atoms with E-state index in [1.807, 2.05) is 36.6 Å². The quantitative estimate of drug-likeness (QED) is 0.102. The first-order valence-electron chi connectivity index (χ1n) is 12.9. The van der Waals surface area contributed by atoms with Crippen LogP contribution in [0.1, 0.15) is 1.43 Å². The van der Waals surface area contributed by atoms with Gasteiger partial charge in [-0.25, -0.2) is 0 Å². The fourth-order valence-electron chi connectivity index (χ4n) is 4.00. The second-order valence-electron chi connectivity index (χ2n) is 8.77. The smallest absolute Gasteiger partial charge is 0.489 e. The van der Waals surface area contributed by atoms with Crippen molar-refractivity contribution in [2.75, 3.05) is 18.8 Å². The highest BCUT2D eigenvalue weighted by Gasteiger charge is 2.14. The fourth-order valence-corrected chi connectivity index (χ4v) is 7.06. The van der Waals surface area contributed by atoms with Crippen LogP contribution in [0.2, 0.25) is 10.0 Å². The molecule has 0 saturated carbocycles. The molecule has 43 heavy (non-hydrogen) atoms. The maximum atomic E-state index is 8.88. The lowest BCUT2D eigenvalue weighted by atomic mass is 9.80. The minimum absolute atomic E-state index is 0. The van der Waals surface area contributed by atoms with Gasteiger partial charge in [-0.3, -0.25) is 0 Å². The molecule has 2 N–H and O–H groups in total. The summed E-state index contributed by atoms with van der Waals surface area (Å²) in [5, 5.41) is 19.3. The fraction of sp³-hybridized carbons (Fsp3) is 0.0909. The van der Waals surface area contributed by atoms with E-state index in [2.05, 4.69) is 111 Å². The first kappa shape index (κ1) is 36.1. The van der Waals surface area contributed by atoms with Crippen LogP contribution in [-0.4, -0.2) is 35.9 Å². The molecule has 0 aliphatic heterocycles. The molecule has 5 aromatic carbocycles. The van der Waals surface area contributed by atoms with Crippen molar-refractivity contribution in [2.24, 2.45) is 0 Å². The van der Waals surface area contributed by atoms with Crippen molar-refractivity contribution in [3.63, 3.8) is 0 Å². The second kappa shape index (κ2) is 18.6. The van der Waals surface area contributed by atoms with Crippen molar-refractivity contribution >= 4 is 103 Å². The van der Waals surface area contributed by atoms with Gasteiger partial charge in [-0.15, -0.1) is 35.3 Å². The Morgan fingerprint density at radius 1 is 0.581 bits per heavy atom. The van der Waals surface area contributed by atoms with Crippen LogP contribution in [0.5, 0.6) is 0 Å². The molecule has 0 aromatic heterocycles. The van der Waals surface area contributed by atoms with E-state index in [0.29, 0.717) is 5.46 Å². The highest BCUT2D eigenvalue weighted by molar-refractivity contribution is 9.11. The maximum absolute atomic E-state index is 8.88. The predicted octanol–water partition coefficient (Wildman–Crippen LogP) is 11.2. The van der Waals surface area contributed by atoms with Gasteiger partial charge in [0.1, 0.15) is 0 Å². The topological polar surface area (TPSA) is 40.5 Å². The van der Waals surface area contributed by atoms with Crippen molar-refractivity contribution in [1.29, 1.82) is 0 Å². The Morgan fingerprint density at radius 2 is 1.12 bits per heavy atom. The molecule has 10 heteroatoms. The zero-order valence-electron chi connectivity index (χ0n) is 24.6. The van der Waals surface area contributed by atoms with E-state index >= 15 is 0 Å². The minimum atomic E-state index is -1.36. The molecule has 0 amide bonds. The molecule has 0 bridgehead atoms. The average molecular weight is 796 g/mol. The highest BCUT2D eigenvalue weighted by Crippen LogP contribution is 2.38. The molecule has 0 saturated heterocycles. The van der Waals surface area contributed by atoms with Crippen LogP contribution < -0.4 is 5.46 Å². The van der Waals surface area contributed by atoms with Gasteiger partial charge in [0.15, 0.2) is 0 Å². The summed E-state index contributed by atoms with van der Waals surface area (Å²) in [5.74, 6) is 0. The molecular formula is C33H30BBr2Cl2O2S3-. The van der Waals surface area contributed by atoms with Gasteiger partial charge in [0, 0.05) is 34.2 Å². The molecule has 0 fully saturated rings. The van der Waals surface area contributed by atoms with Crippen LogP contribution in [0.25, 0.3) is 22.3 Å². The van der Waals surface area contributed by atoms with Crippen LogP contribution in [0.3, 0.4) is 0 Å². The van der Waals surface area contributed by atoms with E-state index in [4.69, 9.17) is 33.2 Å². The van der Waals surface area contributed by atoms with Crippen LogP contribution in [0.15, 0.2) is 133 Å². The second-order valence-corrected chi connectivity index (χ2v) is 13.9. The van der Waals surface area contributed by atoms with Crippen molar-refractivity contribution in [2.45, 2.75) is 14.7 Å². The van der Waals surface area contributed by atoms with E-state index in [9.17, 15) is 0 Å². The third-order valence-corrected chi connectivity index (χ3v) is 10.5. The summed E-state index contributed by atoms with van der Waals surface area (Å²) < 4.78 is 1.92. The normalized spacial score (nSPS) is 10.3. The van der Waals surface area contributed by atoms with Gasteiger partial charge in [-0.1, -0.05) is 106 Å². The largest absolute Gasteiger partial charge is 1.00 e. The third-order valence-electron chi connectivity index (χ3n) is 6.08. The molecular weight excluding hydrogens is 766 g/mol. The Labute approximate surface area is 295 Å². The van der Waals surface area contributed by atoms with E-state index in [-0.39, 0.29) is 1.43 Å². The minimum Gasteiger partial charge on any atom is -1.00 e. The molecule has 5 aromatic rings. The molecule has 0 aliphatic carbocycles. The molecule has 2 nitrogen and oxygen atoms in total. The van der Waals surface area contributed by atoms with Gasteiger partial charge in [-0.2, -0.15) is 0 Å². The first-order chi connectivity index (χ1) is 20.7. The number of hydrogen-bond donors (Lipinski definition) is 2. The van der Waals surface area contributed by atoms with Crippen LogP contribution >= 0.6 is 90.3 Å². The lowest BCUT2D eigenvalue weighted by Gasteiger charge is -2.12. The number of hydrogen-bond acceptors (Lipinski definition) is 5. The van der Waals surface area contributed by atoms with Crippen LogP contribution in [0.4, 0.5) is 0 Å². The van der Waals surface area contributed by atoms with Gasteiger partial charge in [0.25, 0.3) is 0 Å². The number of rotatable bonds is 6. The lowest BCUT2D eigenvalue weighted by Crippen LogP contribution is -2.31. The maximum Gasteiger partial charge on any atom is 0.489 e. The van der Waals surface area contributed by atoms with Crippen molar-refractivity contribution in [3.8, 4) is 22.3 Å². The Balaban J connectivity index is 0.000000267. The van der Waals surface area contributed by atoms with E-state index in [0.717, 1.165) is 35.0 Å². The molecule has 5 rings (SSSR count). The molecule has 0 spiro atoms. The summed E-state index contributed by atoms with van der Waals surface area (Å²) in [6.45, 7) is 0. The number of halogens is 4. The zero-order valence-corrected chi connectivity index (χ0v) is 30.7.